The van der Waals surface area contributed by atoms with Gasteiger partial charge in [0.25, 0.3) is 0 Å². The van der Waals surface area contributed by atoms with E-state index in [0.717, 1.165) is 40.5 Å². The number of amides is 1. The first-order chi connectivity index (χ1) is 12.8. The average molecular weight is 369 g/mol. The van der Waals surface area contributed by atoms with Gasteiger partial charge in [0, 0.05) is 36.0 Å². The molecule has 3 N–H and O–H groups in total. The molecule has 1 amide bonds. The lowest BCUT2D eigenvalue weighted by molar-refractivity contribution is 0.0528. The average Bonchev–Trinajstić information content (AvgIpc) is 2.93. The van der Waals surface area contributed by atoms with Crippen LogP contribution in [0, 0.1) is 0 Å². The van der Waals surface area contributed by atoms with Crippen molar-refractivity contribution < 1.29 is 9.53 Å². The highest BCUT2D eigenvalue weighted by molar-refractivity contribution is 6.09. The summed E-state index contributed by atoms with van der Waals surface area (Å²) < 4.78 is 7.29. The van der Waals surface area contributed by atoms with Crippen molar-refractivity contribution in [1.82, 2.24) is 20.1 Å². The van der Waals surface area contributed by atoms with Crippen LogP contribution >= 0.6 is 0 Å². The number of carbonyl (C=O) groups is 1. The molecule has 7 nitrogen and oxygen atoms in total. The van der Waals surface area contributed by atoms with Crippen LogP contribution < -0.4 is 11.1 Å². The van der Waals surface area contributed by atoms with Gasteiger partial charge in [-0.05, 0) is 33.3 Å². The van der Waals surface area contributed by atoms with E-state index in [0.29, 0.717) is 18.8 Å². The first kappa shape index (κ1) is 18.9. The second-order valence-electron chi connectivity index (χ2n) is 7.59. The molecule has 7 heteroatoms. The minimum Gasteiger partial charge on any atom is -0.444 e. The number of nitrogen functional groups attached to an aromatic ring is 1. The Morgan fingerprint density at radius 1 is 1.30 bits per heavy atom. The van der Waals surface area contributed by atoms with Crippen LogP contribution in [0.3, 0.4) is 0 Å². The summed E-state index contributed by atoms with van der Waals surface area (Å²) in [4.78, 5) is 16.4. The van der Waals surface area contributed by atoms with Crippen LogP contribution in [0.2, 0.25) is 0 Å². The third kappa shape index (κ3) is 4.13. The number of nitrogens with one attached hydrogen (secondary N) is 1. The summed E-state index contributed by atoms with van der Waals surface area (Å²) in [5.41, 5.74) is 8.27. The molecular formula is C20H27N5O2. The smallest absolute Gasteiger partial charge is 0.407 e. The number of anilines is 1. The Hall–Kier alpha value is -2.83. The topological polar surface area (TPSA) is 95.1 Å². The molecule has 0 fully saturated rings. The van der Waals surface area contributed by atoms with Crippen molar-refractivity contribution in [2.75, 3.05) is 12.3 Å². The minimum atomic E-state index is -0.517. The molecule has 0 aliphatic carbocycles. The summed E-state index contributed by atoms with van der Waals surface area (Å²) in [5, 5.41) is 9.56. The summed E-state index contributed by atoms with van der Waals surface area (Å²) in [6, 6.07) is 7.91. The quantitative estimate of drug-likeness (QED) is 0.716. The maximum absolute atomic E-state index is 11.9. The highest BCUT2D eigenvalue weighted by atomic mass is 16.6. The Morgan fingerprint density at radius 2 is 2.04 bits per heavy atom. The second-order valence-corrected chi connectivity index (χ2v) is 7.59. The largest absolute Gasteiger partial charge is 0.444 e. The van der Waals surface area contributed by atoms with E-state index in [1.165, 1.54) is 0 Å². The van der Waals surface area contributed by atoms with E-state index in [1.54, 1.807) is 0 Å². The van der Waals surface area contributed by atoms with Crippen molar-refractivity contribution in [3.63, 3.8) is 0 Å². The van der Waals surface area contributed by atoms with Crippen LogP contribution in [0.4, 0.5) is 10.6 Å². The number of aromatic nitrogens is 3. The van der Waals surface area contributed by atoms with Crippen molar-refractivity contribution in [2.24, 2.45) is 0 Å². The van der Waals surface area contributed by atoms with E-state index >= 15 is 0 Å². The van der Waals surface area contributed by atoms with Gasteiger partial charge in [-0.3, -0.25) is 4.68 Å². The number of carbonyl (C=O) groups excluding carboxylic acids is 1. The van der Waals surface area contributed by atoms with Gasteiger partial charge in [0.05, 0.1) is 5.52 Å². The number of fused-ring (bicyclic) bond motifs is 3. The third-order valence-electron chi connectivity index (χ3n) is 4.18. The minimum absolute atomic E-state index is 0.417. The number of hydrogen-bond acceptors (Lipinski definition) is 5. The number of alkyl carbamates (subject to hydrolysis) is 1. The number of ether oxygens (including phenoxy) is 1. The maximum Gasteiger partial charge on any atom is 0.407 e. The van der Waals surface area contributed by atoms with Crippen LogP contribution in [0.15, 0.2) is 24.3 Å². The first-order valence-corrected chi connectivity index (χ1v) is 9.30. The molecule has 2 heterocycles. The zero-order valence-electron chi connectivity index (χ0n) is 16.4. The molecule has 0 aliphatic rings. The zero-order chi connectivity index (χ0) is 19.6. The van der Waals surface area contributed by atoms with Gasteiger partial charge in [-0.2, -0.15) is 5.10 Å². The van der Waals surface area contributed by atoms with Gasteiger partial charge < -0.3 is 15.8 Å². The third-order valence-corrected chi connectivity index (χ3v) is 4.18. The number of rotatable bonds is 5. The fourth-order valence-electron chi connectivity index (χ4n) is 3.17. The summed E-state index contributed by atoms with van der Waals surface area (Å²) >= 11 is 0. The predicted octanol–water partition coefficient (Wildman–Crippen LogP) is 3.64. The number of para-hydroxylation sites is 1. The maximum atomic E-state index is 11.9. The number of benzene rings is 1. The van der Waals surface area contributed by atoms with E-state index < -0.39 is 11.7 Å². The molecule has 0 bridgehead atoms. The fraction of sp³-hybridized carbons (Fsp3) is 0.450. The number of pyridine rings is 1. The zero-order valence-corrected chi connectivity index (χ0v) is 16.4. The Kier molecular flexibility index (Phi) is 5.21. The lowest BCUT2D eigenvalue weighted by Crippen LogP contribution is -2.33. The monoisotopic (exact) mass is 369 g/mol. The van der Waals surface area contributed by atoms with Crippen molar-refractivity contribution in [1.29, 1.82) is 0 Å². The van der Waals surface area contributed by atoms with Gasteiger partial charge in [0.2, 0.25) is 0 Å². The van der Waals surface area contributed by atoms with E-state index in [4.69, 9.17) is 15.6 Å². The van der Waals surface area contributed by atoms with Gasteiger partial charge in [-0.15, -0.1) is 0 Å². The van der Waals surface area contributed by atoms with Crippen molar-refractivity contribution in [2.45, 2.75) is 52.7 Å². The highest BCUT2D eigenvalue weighted by Gasteiger charge is 2.19. The number of aryl methyl sites for hydroxylation is 1. The van der Waals surface area contributed by atoms with Gasteiger partial charge in [0.15, 0.2) is 5.82 Å². The Bertz CT molecular complexity index is 972. The van der Waals surface area contributed by atoms with Crippen molar-refractivity contribution >= 4 is 33.7 Å². The molecule has 3 rings (SSSR count). The molecule has 2 aromatic heterocycles. The lowest BCUT2D eigenvalue weighted by Gasteiger charge is -2.19. The summed E-state index contributed by atoms with van der Waals surface area (Å²) in [6.07, 6.45) is 1.16. The van der Waals surface area contributed by atoms with Gasteiger partial charge >= 0.3 is 6.09 Å². The summed E-state index contributed by atoms with van der Waals surface area (Å²) in [5.74, 6) is 0.430. The molecule has 0 spiro atoms. The van der Waals surface area contributed by atoms with Crippen LogP contribution in [-0.2, 0) is 17.7 Å². The second kappa shape index (κ2) is 7.42. The Labute approximate surface area is 158 Å². The van der Waals surface area contributed by atoms with Crippen LogP contribution in [0.5, 0.6) is 0 Å². The molecule has 144 valence electrons. The number of nitrogens with zero attached hydrogens (tertiary/aromatic N) is 3. The number of hydrogen-bond donors (Lipinski definition) is 2. The van der Waals surface area contributed by atoms with Crippen LogP contribution in [-0.4, -0.2) is 33.0 Å². The van der Waals surface area contributed by atoms with Crippen LogP contribution in [0.1, 0.15) is 39.8 Å². The molecule has 0 aliphatic heterocycles. The highest BCUT2D eigenvalue weighted by Crippen LogP contribution is 2.30. The Balaban J connectivity index is 1.95. The Morgan fingerprint density at radius 3 is 2.74 bits per heavy atom. The molecule has 27 heavy (non-hydrogen) atoms. The SMILES string of the molecule is CCCn1nc2c(N)nc3ccccc3c2c1CCNC(=O)OC(C)(C)C. The van der Waals surface area contributed by atoms with Crippen molar-refractivity contribution in [3.05, 3.63) is 30.0 Å². The molecule has 0 saturated carbocycles. The van der Waals surface area contributed by atoms with Gasteiger partial charge in [-0.1, -0.05) is 25.1 Å². The molecule has 3 aromatic rings. The molecule has 1 aromatic carbocycles. The van der Waals surface area contributed by atoms with E-state index in [9.17, 15) is 4.79 Å². The number of nitrogens with two attached hydrogens (primary N) is 1. The lowest BCUT2D eigenvalue weighted by atomic mass is 10.1. The van der Waals surface area contributed by atoms with E-state index in [2.05, 4.69) is 17.2 Å². The predicted molar refractivity (Wildman–Crippen MR) is 108 cm³/mol. The first-order valence-electron chi connectivity index (χ1n) is 9.30. The normalized spacial score (nSPS) is 11.9. The van der Waals surface area contributed by atoms with E-state index in [1.807, 2.05) is 49.7 Å². The molecule has 0 unspecified atom stereocenters. The van der Waals surface area contributed by atoms with E-state index in [-0.39, 0.29) is 0 Å². The summed E-state index contributed by atoms with van der Waals surface area (Å²) in [7, 11) is 0. The molecule has 0 saturated heterocycles. The van der Waals surface area contributed by atoms with Crippen LogP contribution in [0.25, 0.3) is 21.8 Å². The van der Waals surface area contributed by atoms with Gasteiger partial charge in [-0.25, -0.2) is 9.78 Å². The summed E-state index contributed by atoms with van der Waals surface area (Å²) in [6.45, 7) is 8.88. The molecular weight excluding hydrogens is 342 g/mol. The molecule has 0 radical (unpaired) electrons. The molecule has 0 atom stereocenters. The van der Waals surface area contributed by atoms with Crippen molar-refractivity contribution in [3.8, 4) is 0 Å². The fourth-order valence-corrected chi connectivity index (χ4v) is 3.17. The standard InChI is InChI=1S/C20H27N5O2/c1-5-12-25-15(10-11-22-19(26)27-20(2,3)4)16-13-8-6-7-9-14(13)23-18(21)17(16)24-25/h6-9H,5,10-12H2,1-4H3,(H2,21,23)(H,22,26). The van der Waals surface area contributed by atoms with Gasteiger partial charge in [0.1, 0.15) is 11.1 Å².